The minimum absolute atomic E-state index is 0.233. The van der Waals surface area contributed by atoms with E-state index in [2.05, 4.69) is 5.32 Å². The van der Waals surface area contributed by atoms with E-state index >= 15 is 0 Å². The highest BCUT2D eigenvalue weighted by Gasteiger charge is 2.09. The largest absolute Gasteiger partial charge is 0.325 e. The first-order valence-electron chi connectivity index (χ1n) is 5.99. The van der Waals surface area contributed by atoms with E-state index in [-0.39, 0.29) is 5.91 Å². The summed E-state index contributed by atoms with van der Waals surface area (Å²) in [7, 11) is 0. The van der Waals surface area contributed by atoms with Gasteiger partial charge in [-0.05, 0) is 24.6 Å². The Morgan fingerprint density at radius 3 is 2.47 bits per heavy atom. The van der Waals surface area contributed by atoms with Crippen LogP contribution in [0.5, 0.6) is 0 Å². The maximum Gasteiger partial charge on any atom is 0.240 e. The van der Waals surface area contributed by atoms with Crippen molar-refractivity contribution in [3.05, 3.63) is 53.6 Å². The number of nitrogens with two attached hydrogens (primary N) is 1. The molecule has 1 amide bonds. The minimum Gasteiger partial charge on any atom is -0.325 e. The molecule has 0 aromatic heterocycles. The van der Waals surface area contributed by atoms with Gasteiger partial charge in [0.1, 0.15) is 0 Å². The molecule has 4 heteroatoms. The molecule has 0 radical (unpaired) electrons. The topological polar surface area (TPSA) is 55.1 Å². The Balaban J connectivity index is 2.25. The fourth-order valence-electron chi connectivity index (χ4n) is 1.70. The highest BCUT2D eigenvalue weighted by Crippen LogP contribution is 2.30. The van der Waals surface area contributed by atoms with E-state index in [1.807, 2.05) is 42.5 Å². The number of benzene rings is 2. The van der Waals surface area contributed by atoms with Gasteiger partial charge in [0, 0.05) is 11.3 Å². The van der Waals surface area contributed by atoms with Crippen LogP contribution in [-0.4, -0.2) is 11.9 Å². The van der Waals surface area contributed by atoms with E-state index in [1.165, 1.54) is 0 Å². The number of carbonyl (C=O) groups excluding carboxylic acids is 1. The van der Waals surface area contributed by atoms with Crippen molar-refractivity contribution in [3.8, 4) is 11.1 Å². The van der Waals surface area contributed by atoms with Crippen molar-refractivity contribution in [2.75, 3.05) is 5.32 Å². The number of anilines is 1. The van der Waals surface area contributed by atoms with E-state index in [4.69, 9.17) is 17.3 Å². The molecule has 0 aliphatic rings. The van der Waals surface area contributed by atoms with E-state index < -0.39 is 6.04 Å². The van der Waals surface area contributed by atoms with Crippen LogP contribution >= 0.6 is 11.6 Å². The molecule has 3 N–H and O–H groups in total. The maximum absolute atomic E-state index is 11.5. The summed E-state index contributed by atoms with van der Waals surface area (Å²) in [5.74, 6) is -0.233. The molecule has 2 aromatic carbocycles. The smallest absolute Gasteiger partial charge is 0.240 e. The summed E-state index contributed by atoms with van der Waals surface area (Å²) in [6.45, 7) is 1.63. The number of amides is 1. The molecule has 0 saturated heterocycles. The van der Waals surface area contributed by atoms with Crippen molar-refractivity contribution < 1.29 is 4.79 Å². The van der Waals surface area contributed by atoms with E-state index in [0.29, 0.717) is 10.7 Å². The molecule has 0 saturated carbocycles. The molecular weight excluding hydrogens is 260 g/mol. The summed E-state index contributed by atoms with van der Waals surface area (Å²) in [6.07, 6.45) is 0. The third-order valence-electron chi connectivity index (χ3n) is 2.73. The Bertz CT molecular complexity index is 582. The lowest BCUT2D eigenvalue weighted by atomic mass is 10.1. The molecule has 98 valence electrons. The summed E-state index contributed by atoms with van der Waals surface area (Å²) in [5, 5.41) is 3.30. The second-order valence-corrected chi connectivity index (χ2v) is 4.75. The highest BCUT2D eigenvalue weighted by molar-refractivity contribution is 6.33. The van der Waals surface area contributed by atoms with Gasteiger partial charge >= 0.3 is 0 Å². The molecule has 0 bridgehead atoms. The van der Waals surface area contributed by atoms with E-state index in [0.717, 1.165) is 11.1 Å². The number of nitrogens with one attached hydrogen (secondary N) is 1. The van der Waals surface area contributed by atoms with Crippen LogP contribution in [0.25, 0.3) is 11.1 Å². The zero-order valence-electron chi connectivity index (χ0n) is 10.6. The van der Waals surface area contributed by atoms with Crippen LogP contribution in [0.4, 0.5) is 5.69 Å². The predicted octanol–water partition coefficient (Wildman–Crippen LogP) is 3.29. The van der Waals surface area contributed by atoms with Crippen molar-refractivity contribution in [1.29, 1.82) is 0 Å². The van der Waals surface area contributed by atoms with Crippen LogP contribution in [0.1, 0.15) is 6.92 Å². The fourth-order valence-corrected chi connectivity index (χ4v) is 1.99. The van der Waals surface area contributed by atoms with Crippen molar-refractivity contribution in [1.82, 2.24) is 0 Å². The van der Waals surface area contributed by atoms with Gasteiger partial charge in [-0.2, -0.15) is 0 Å². The summed E-state index contributed by atoms with van der Waals surface area (Å²) in [6, 6.07) is 14.7. The average molecular weight is 275 g/mol. The normalized spacial score (nSPS) is 11.9. The van der Waals surface area contributed by atoms with E-state index in [9.17, 15) is 4.79 Å². The van der Waals surface area contributed by atoms with Gasteiger partial charge in [0.2, 0.25) is 5.91 Å². The number of hydrogen-bond donors (Lipinski definition) is 2. The van der Waals surface area contributed by atoms with Gasteiger partial charge in [-0.25, -0.2) is 0 Å². The Morgan fingerprint density at radius 2 is 1.89 bits per heavy atom. The molecule has 0 fully saturated rings. The van der Waals surface area contributed by atoms with E-state index in [1.54, 1.807) is 13.0 Å². The predicted molar refractivity (Wildman–Crippen MR) is 79.2 cm³/mol. The lowest BCUT2D eigenvalue weighted by Crippen LogP contribution is -2.32. The first kappa shape index (κ1) is 13.6. The first-order chi connectivity index (χ1) is 9.08. The Labute approximate surface area is 117 Å². The Hall–Kier alpha value is -1.84. The van der Waals surface area contributed by atoms with Crippen LogP contribution in [0.2, 0.25) is 5.02 Å². The summed E-state index contributed by atoms with van der Waals surface area (Å²) in [5.41, 5.74) is 8.11. The van der Waals surface area contributed by atoms with Crippen LogP contribution < -0.4 is 11.1 Å². The zero-order chi connectivity index (χ0) is 13.8. The average Bonchev–Trinajstić information content (AvgIpc) is 2.39. The molecule has 2 aromatic rings. The molecule has 0 spiro atoms. The second-order valence-electron chi connectivity index (χ2n) is 4.34. The molecule has 1 unspecified atom stereocenters. The third kappa shape index (κ3) is 3.34. The first-order valence-corrected chi connectivity index (χ1v) is 6.37. The second kappa shape index (κ2) is 5.87. The van der Waals surface area contributed by atoms with Gasteiger partial charge < -0.3 is 11.1 Å². The zero-order valence-corrected chi connectivity index (χ0v) is 11.3. The van der Waals surface area contributed by atoms with Crippen molar-refractivity contribution in [2.45, 2.75) is 13.0 Å². The standard InChI is InChI=1S/C15H15ClN2O/c1-10(17)15(19)18-12-7-8-13(14(16)9-12)11-5-3-2-4-6-11/h2-10H,17H2,1H3,(H,18,19). The summed E-state index contributed by atoms with van der Waals surface area (Å²) in [4.78, 5) is 11.5. The van der Waals surface area contributed by atoms with Crippen molar-refractivity contribution >= 4 is 23.2 Å². The lowest BCUT2D eigenvalue weighted by molar-refractivity contribution is -0.117. The number of halogens is 1. The fraction of sp³-hybridized carbons (Fsp3) is 0.133. The van der Waals surface area contributed by atoms with Gasteiger partial charge in [0.25, 0.3) is 0 Å². The molecule has 0 heterocycles. The van der Waals surface area contributed by atoms with Crippen molar-refractivity contribution in [3.63, 3.8) is 0 Å². The molecule has 1 atom stereocenters. The Morgan fingerprint density at radius 1 is 1.21 bits per heavy atom. The molecular formula is C15H15ClN2O. The Kier molecular flexibility index (Phi) is 4.20. The number of carbonyl (C=O) groups is 1. The minimum atomic E-state index is -0.549. The summed E-state index contributed by atoms with van der Waals surface area (Å²) < 4.78 is 0. The number of rotatable bonds is 3. The third-order valence-corrected chi connectivity index (χ3v) is 3.05. The number of hydrogen-bond acceptors (Lipinski definition) is 2. The van der Waals surface area contributed by atoms with Gasteiger partial charge in [-0.1, -0.05) is 48.0 Å². The maximum atomic E-state index is 11.5. The molecule has 2 rings (SSSR count). The monoisotopic (exact) mass is 274 g/mol. The molecule has 19 heavy (non-hydrogen) atoms. The molecule has 3 nitrogen and oxygen atoms in total. The van der Waals surface area contributed by atoms with Gasteiger partial charge in [-0.3, -0.25) is 4.79 Å². The van der Waals surface area contributed by atoms with Crippen LogP contribution in [0.15, 0.2) is 48.5 Å². The quantitative estimate of drug-likeness (QED) is 0.902. The SMILES string of the molecule is CC(N)C(=O)Nc1ccc(-c2ccccc2)c(Cl)c1. The van der Waals surface area contributed by atoms with Crippen LogP contribution in [0.3, 0.4) is 0 Å². The van der Waals surface area contributed by atoms with Gasteiger partial charge in [-0.15, -0.1) is 0 Å². The van der Waals surface area contributed by atoms with Crippen LogP contribution in [0, 0.1) is 0 Å². The van der Waals surface area contributed by atoms with Crippen molar-refractivity contribution in [2.24, 2.45) is 5.73 Å². The molecule has 0 aliphatic heterocycles. The van der Waals surface area contributed by atoms with Gasteiger partial charge in [0.15, 0.2) is 0 Å². The highest BCUT2D eigenvalue weighted by atomic mass is 35.5. The lowest BCUT2D eigenvalue weighted by Gasteiger charge is -2.10. The molecule has 0 aliphatic carbocycles. The summed E-state index contributed by atoms with van der Waals surface area (Å²) >= 11 is 6.24. The van der Waals surface area contributed by atoms with Crippen LogP contribution in [-0.2, 0) is 4.79 Å². The van der Waals surface area contributed by atoms with Gasteiger partial charge in [0.05, 0.1) is 11.1 Å².